The van der Waals surface area contributed by atoms with Crippen molar-refractivity contribution in [3.05, 3.63) is 58.5 Å². The number of rotatable bonds is 4. The van der Waals surface area contributed by atoms with Gasteiger partial charge in [0.25, 0.3) is 5.56 Å². The molecule has 35 heavy (non-hydrogen) atoms. The molecule has 0 saturated carbocycles. The van der Waals surface area contributed by atoms with E-state index >= 15 is 0 Å². The largest absolute Gasteiger partial charge is 0.391 e. The second kappa shape index (κ2) is 9.53. The Bertz CT molecular complexity index is 1220. The molecule has 4 heterocycles. The van der Waals surface area contributed by atoms with Crippen LogP contribution in [0.4, 0.5) is 30.5 Å². The molecular formula is C26H30F3N5O. The minimum Gasteiger partial charge on any atom is -0.356 e. The Morgan fingerprint density at radius 2 is 1.69 bits per heavy atom. The Hall–Kier alpha value is -3.07. The third-order valence-corrected chi connectivity index (χ3v) is 7.39. The van der Waals surface area contributed by atoms with Gasteiger partial charge in [-0.25, -0.2) is 4.98 Å². The molecule has 0 radical (unpaired) electrons. The number of nitrogens with one attached hydrogen (secondary N) is 2. The van der Waals surface area contributed by atoms with Crippen molar-refractivity contribution in [3.63, 3.8) is 0 Å². The minimum absolute atomic E-state index is 0.0414. The molecule has 3 aromatic rings. The number of H-pyrrole nitrogens is 1. The standard InChI is InChI=1S/C26H30F3N5O/c1-33-12-7-18(8-13-33)17-2-4-21(5-3-17)31-24-23-19(6-11-30-25(23)35)16-22(32-24)34-14-9-20(10-15-34)26(27,28)29/h2-6,11,16,18,20H,7-10,12-15H2,1H3,(H,30,35)(H,31,32). The van der Waals surface area contributed by atoms with Crippen LogP contribution in [0.5, 0.6) is 0 Å². The van der Waals surface area contributed by atoms with Crippen LogP contribution in [0.25, 0.3) is 10.8 Å². The van der Waals surface area contributed by atoms with E-state index < -0.39 is 12.1 Å². The van der Waals surface area contributed by atoms with Crippen molar-refractivity contribution < 1.29 is 13.2 Å². The van der Waals surface area contributed by atoms with Crippen molar-refractivity contribution >= 4 is 28.1 Å². The summed E-state index contributed by atoms with van der Waals surface area (Å²) >= 11 is 0. The van der Waals surface area contributed by atoms with E-state index in [-0.39, 0.29) is 31.5 Å². The molecule has 0 aliphatic carbocycles. The number of anilines is 3. The summed E-state index contributed by atoms with van der Waals surface area (Å²) in [4.78, 5) is 24.3. The number of alkyl halides is 3. The Kier molecular flexibility index (Phi) is 6.44. The van der Waals surface area contributed by atoms with Crippen molar-refractivity contribution in [1.29, 1.82) is 0 Å². The first-order valence-corrected chi connectivity index (χ1v) is 12.2. The average molecular weight is 486 g/mol. The molecule has 2 aliphatic heterocycles. The molecule has 2 aromatic heterocycles. The monoisotopic (exact) mass is 485 g/mol. The van der Waals surface area contributed by atoms with Gasteiger partial charge in [-0.05, 0) is 87.0 Å². The average Bonchev–Trinajstić information content (AvgIpc) is 2.84. The highest BCUT2D eigenvalue weighted by molar-refractivity contribution is 5.94. The van der Waals surface area contributed by atoms with E-state index in [1.54, 1.807) is 18.3 Å². The van der Waals surface area contributed by atoms with Crippen LogP contribution < -0.4 is 15.8 Å². The van der Waals surface area contributed by atoms with Gasteiger partial charge in [0.05, 0.1) is 11.3 Å². The normalized spacial score (nSPS) is 18.8. The fraction of sp³-hybridized carbons (Fsp3) is 0.462. The Labute approximate surface area is 202 Å². The van der Waals surface area contributed by atoms with E-state index in [4.69, 9.17) is 4.98 Å². The molecule has 0 unspecified atom stereocenters. The highest BCUT2D eigenvalue weighted by atomic mass is 19.4. The first-order valence-electron chi connectivity index (χ1n) is 12.2. The molecule has 0 amide bonds. The minimum atomic E-state index is -4.16. The maximum absolute atomic E-state index is 13.1. The SMILES string of the molecule is CN1CCC(c2ccc(Nc3nc(N4CCC(C(F)(F)F)CC4)cc4cc[nH]c(=O)c34)cc2)CC1. The second-order valence-corrected chi connectivity index (χ2v) is 9.73. The van der Waals surface area contributed by atoms with Gasteiger partial charge in [-0.2, -0.15) is 13.2 Å². The maximum atomic E-state index is 13.1. The molecule has 186 valence electrons. The van der Waals surface area contributed by atoms with Crippen molar-refractivity contribution in [2.45, 2.75) is 37.8 Å². The van der Waals surface area contributed by atoms with Crippen LogP contribution in [0.3, 0.4) is 0 Å². The molecule has 2 fully saturated rings. The number of halogens is 3. The van der Waals surface area contributed by atoms with E-state index in [1.165, 1.54) is 5.56 Å². The highest BCUT2D eigenvalue weighted by Crippen LogP contribution is 2.36. The number of aromatic nitrogens is 2. The molecule has 5 rings (SSSR count). The zero-order valence-corrected chi connectivity index (χ0v) is 19.7. The first kappa shape index (κ1) is 23.7. The maximum Gasteiger partial charge on any atom is 0.391 e. The smallest absolute Gasteiger partial charge is 0.356 e. The lowest BCUT2D eigenvalue weighted by Crippen LogP contribution is -2.39. The number of hydrogen-bond donors (Lipinski definition) is 2. The van der Waals surface area contributed by atoms with E-state index in [0.29, 0.717) is 28.3 Å². The van der Waals surface area contributed by atoms with E-state index in [0.717, 1.165) is 31.6 Å². The summed E-state index contributed by atoms with van der Waals surface area (Å²) in [6.45, 7) is 2.74. The van der Waals surface area contributed by atoms with Gasteiger partial charge in [0.15, 0.2) is 0 Å². The summed E-state index contributed by atoms with van der Waals surface area (Å²) in [5.74, 6) is 0.256. The van der Waals surface area contributed by atoms with Crippen LogP contribution in [0, 0.1) is 5.92 Å². The Morgan fingerprint density at radius 1 is 1.00 bits per heavy atom. The fourth-order valence-corrected chi connectivity index (χ4v) is 5.21. The zero-order chi connectivity index (χ0) is 24.6. The van der Waals surface area contributed by atoms with Crippen molar-refractivity contribution in [2.24, 2.45) is 5.92 Å². The molecule has 6 nitrogen and oxygen atoms in total. The lowest BCUT2D eigenvalue weighted by Gasteiger charge is -2.34. The van der Waals surface area contributed by atoms with E-state index in [2.05, 4.69) is 34.4 Å². The molecular weight excluding hydrogens is 455 g/mol. The van der Waals surface area contributed by atoms with Crippen LogP contribution >= 0.6 is 0 Å². The van der Waals surface area contributed by atoms with Crippen LogP contribution in [0.1, 0.15) is 37.2 Å². The third-order valence-electron chi connectivity index (χ3n) is 7.39. The molecule has 1 aromatic carbocycles. The molecule has 2 saturated heterocycles. The van der Waals surface area contributed by atoms with Crippen LogP contribution in [0.15, 0.2) is 47.4 Å². The number of fused-ring (bicyclic) bond motifs is 1. The zero-order valence-electron chi connectivity index (χ0n) is 19.7. The second-order valence-electron chi connectivity index (χ2n) is 9.73. The molecule has 0 atom stereocenters. The Morgan fingerprint density at radius 3 is 2.34 bits per heavy atom. The van der Waals surface area contributed by atoms with Crippen LogP contribution in [0.2, 0.25) is 0 Å². The molecule has 9 heteroatoms. The fourth-order valence-electron chi connectivity index (χ4n) is 5.21. The predicted octanol–water partition coefficient (Wildman–Crippen LogP) is 5.25. The van der Waals surface area contributed by atoms with Gasteiger partial charge in [-0.3, -0.25) is 4.79 Å². The van der Waals surface area contributed by atoms with Gasteiger partial charge in [-0.1, -0.05) is 12.1 Å². The van der Waals surface area contributed by atoms with Crippen molar-refractivity contribution in [2.75, 3.05) is 43.4 Å². The summed E-state index contributed by atoms with van der Waals surface area (Å²) in [7, 11) is 2.15. The number of pyridine rings is 2. The number of likely N-dealkylation sites (tertiary alicyclic amines) is 1. The lowest BCUT2D eigenvalue weighted by atomic mass is 9.89. The summed E-state index contributed by atoms with van der Waals surface area (Å²) in [6, 6.07) is 11.8. The van der Waals surface area contributed by atoms with Gasteiger partial charge in [0, 0.05) is 25.0 Å². The molecule has 2 N–H and O–H groups in total. The Balaban J connectivity index is 1.40. The van der Waals surface area contributed by atoms with Gasteiger partial charge < -0.3 is 20.1 Å². The van der Waals surface area contributed by atoms with Crippen molar-refractivity contribution in [1.82, 2.24) is 14.9 Å². The highest BCUT2D eigenvalue weighted by Gasteiger charge is 2.41. The molecule has 0 bridgehead atoms. The number of hydrogen-bond acceptors (Lipinski definition) is 5. The van der Waals surface area contributed by atoms with Gasteiger partial charge in [0.1, 0.15) is 11.6 Å². The quantitative estimate of drug-likeness (QED) is 0.528. The van der Waals surface area contributed by atoms with Crippen LogP contribution in [-0.4, -0.2) is 54.3 Å². The predicted molar refractivity (Wildman–Crippen MR) is 133 cm³/mol. The molecule has 0 spiro atoms. The number of piperidine rings is 2. The summed E-state index contributed by atoms with van der Waals surface area (Å²) in [5.41, 5.74) is 1.86. The van der Waals surface area contributed by atoms with Crippen molar-refractivity contribution in [3.8, 4) is 0 Å². The number of benzene rings is 1. The van der Waals surface area contributed by atoms with Crippen LogP contribution in [-0.2, 0) is 0 Å². The lowest BCUT2D eigenvalue weighted by molar-refractivity contribution is -0.179. The number of nitrogens with zero attached hydrogens (tertiary/aromatic N) is 3. The molecule has 2 aliphatic rings. The first-order chi connectivity index (χ1) is 16.8. The van der Waals surface area contributed by atoms with Gasteiger partial charge >= 0.3 is 6.18 Å². The van der Waals surface area contributed by atoms with Gasteiger partial charge in [-0.15, -0.1) is 0 Å². The van der Waals surface area contributed by atoms with E-state index in [1.807, 2.05) is 17.0 Å². The van der Waals surface area contributed by atoms with Gasteiger partial charge in [0.2, 0.25) is 0 Å². The third kappa shape index (κ3) is 5.15. The summed E-state index contributed by atoms with van der Waals surface area (Å²) in [6.07, 6.45) is -0.234. The number of aromatic amines is 1. The summed E-state index contributed by atoms with van der Waals surface area (Å²) < 4.78 is 39.3. The van der Waals surface area contributed by atoms with E-state index in [9.17, 15) is 18.0 Å². The topological polar surface area (TPSA) is 64.3 Å². The summed E-state index contributed by atoms with van der Waals surface area (Å²) in [5, 5.41) is 4.42.